The van der Waals surface area contributed by atoms with Crippen molar-refractivity contribution in [1.29, 1.82) is 0 Å². The van der Waals surface area contributed by atoms with Crippen LogP contribution in [-0.2, 0) is 16.9 Å². The Balaban J connectivity index is 1.42. The third-order valence-corrected chi connectivity index (χ3v) is 6.44. The molecule has 0 spiro atoms. The molecule has 8 heteroatoms. The Hall–Kier alpha value is -1.48. The van der Waals surface area contributed by atoms with Crippen LogP contribution in [0.15, 0.2) is 40.1 Å². The average molecular weight is 407 g/mol. The summed E-state index contributed by atoms with van der Waals surface area (Å²) in [4.78, 5) is 4.73. The van der Waals surface area contributed by atoms with Crippen molar-refractivity contribution in [2.45, 2.75) is 29.9 Å². The summed E-state index contributed by atoms with van der Waals surface area (Å²) in [5.74, 6) is 0.824. The van der Waals surface area contributed by atoms with Crippen LogP contribution in [0.1, 0.15) is 29.6 Å². The van der Waals surface area contributed by atoms with Gasteiger partial charge in [-0.25, -0.2) is 4.98 Å². The number of anilines is 1. The minimum atomic E-state index is 0.767. The Morgan fingerprint density at radius 2 is 2.08 bits per heavy atom. The Bertz CT molecular complexity index is 776. The van der Waals surface area contributed by atoms with Crippen LogP contribution >= 0.6 is 34.4 Å². The first-order chi connectivity index (χ1) is 12.8. The highest BCUT2D eigenvalue weighted by Crippen LogP contribution is 2.29. The van der Waals surface area contributed by atoms with E-state index in [-0.39, 0.29) is 0 Å². The highest BCUT2D eigenvalue weighted by molar-refractivity contribution is 8.00. The first-order valence-electron chi connectivity index (χ1n) is 8.58. The van der Waals surface area contributed by atoms with Crippen LogP contribution in [0, 0.1) is 0 Å². The van der Waals surface area contributed by atoms with Gasteiger partial charge < -0.3 is 10.1 Å². The van der Waals surface area contributed by atoms with Crippen molar-refractivity contribution >= 4 is 39.6 Å². The van der Waals surface area contributed by atoms with Crippen LogP contribution in [-0.4, -0.2) is 34.9 Å². The fraction of sp³-hybridized carbons (Fsp3) is 0.389. The zero-order valence-electron chi connectivity index (χ0n) is 14.7. The maximum Gasteiger partial charge on any atom is 0.206 e. The van der Waals surface area contributed by atoms with Crippen molar-refractivity contribution in [2.24, 2.45) is 0 Å². The lowest BCUT2D eigenvalue weighted by molar-refractivity contribution is 0.147. The van der Waals surface area contributed by atoms with Crippen molar-refractivity contribution in [1.82, 2.24) is 15.2 Å². The number of nitrogens with zero attached hydrogens (tertiary/aromatic N) is 3. The molecule has 0 aliphatic carbocycles. The van der Waals surface area contributed by atoms with Gasteiger partial charge in [-0.3, -0.25) is 0 Å². The summed E-state index contributed by atoms with van der Waals surface area (Å²) in [5.41, 5.74) is 2.40. The highest BCUT2D eigenvalue weighted by atomic mass is 32.2. The van der Waals surface area contributed by atoms with Crippen LogP contribution in [0.3, 0.4) is 0 Å². The lowest BCUT2D eigenvalue weighted by Crippen LogP contribution is -2.05. The normalized spacial score (nSPS) is 11.0. The number of rotatable bonds is 11. The molecule has 0 aliphatic heterocycles. The summed E-state index contributed by atoms with van der Waals surface area (Å²) in [6.07, 6.45) is 1.86. The number of thioether (sulfide) groups is 1. The quantitative estimate of drug-likeness (QED) is 0.367. The maximum absolute atomic E-state index is 5.32. The molecule has 0 atom stereocenters. The third-order valence-electron chi connectivity index (χ3n) is 3.49. The smallest absolute Gasteiger partial charge is 0.206 e. The Morgan fingerprint density at radius 1 is 1.19 bits per heavy atom. The maximum atomic E-state index is 5.32. The van der Waals surface area contributed by atoms with Gasteiger partial charge in [0.05, 0.1) is 10.7 Å². The average Bonchev–Trinajstić information content (AvgIpc) is 3.30. The predicted molar refractivity (Wildman–Crippen MR) is 110 cm³/mol. The fourth-order valence-electron chi connectivity index (χ4n) is 2.26. The Morgan fingerprint density at radius 3 is 2.92 bits per heavy atom. The number of hydrogen-bond donors (Lipinski definition) is 1. The molecule has 26 heavy (non-hydrogen) atoms. The van der Waals surface area contributed by atoms with Crippen molar-refractivity contribution in [3.63, 3.8) is 0 Å². The van der Waals surface area contributed by atoms with Gasteiger partial charge in [-0.05, 0) is 18.9 Å². The fourth-order valence-corrected chi connectivity index (χ4v) is 4.86. The number of ether oxygens (including phenoxy) is 1. The van der Waals surface area contributed by atoms with Crippen LogP contribution < -0.4 is 5.32 Å². The predicted octanol–water partition coefficient (Wildman–Crippen LogP) is 4.72. The second kappa shape index (κ2) is 10.6. The summed E-state index contributed by atoms with van der Waals surface area (Å²) in [6, 6.07) is 10.5. The molecule has 1 N–H and O–H groups in total. The van der Waals surface area contributed by atoms with Gasteiger partial charge in [-0.1, -0.05) is 53.4 Å². The molecule has 0 bridgehead atoms. The van der Waals surface area contributed by atoms with Gasteiger partial charge in [-0.2, -0.15) is 0 Å². The van der Waals surface area contributed by atoms with Gasteiger partial charge >= 0.3 is 0 Å². The topological polar surface area (TPSA) is 59.9 Å². The zero-order valence-corrected chi connectivity index (χ0v) is 17.1. The molecule has 3 aromatic rings. The molecule has 3 rings (SSSR count). The number of aromatic nitrogens is 3. The monoisotopic (exact) mass is 406 g/mol. The van der Waals surface area contributed by atoms with Gasteiger partial charge in [0.2, 0.25) is 5.13 Å². The van der Waals surface area contributed by atoms with Gasteiger partial charge in [0.15, 0.2) is 4.34 Å². The lowest BCUT2D eigenvalue weighted by atomic mass is 10.2. The van der Waals surface area contributed by atoms with Gasteiger partial charge in [-0.15, -0.1) is 21.5 Å². The SMILES string of the molecule is CCOCCCNc1nnc(SCc2csc(Cc3ccccc3)n2)s1. The molecule has 138 valence electrons. The molecule has 5 nitrogen and oxygen atoms in total. The number of nitrogens with one attached hydrogen (secondary N) is 1. The highest BCUT2D eigenvalue weighted by Gasteiger charge is 2.08. The minimum Gasteiger partial charge on any atom is -0.382 e. The number of hydrogen-bond acceptors (Lipinski definition) is 8. The summed E-state index contributed by atoms with van der Waals surface area (Å²) in [7, 11) is 0. The van der Waals surface area contributed by atoms with E-state index in [0.29, 0.717) is 0 Å². The van der Waals surface area contributed by atoms with Gasteiger partial charge in [0.25, 0.3) is 0 Å². The molecule has 0 aliphatic rings. The summed E-state index contributed by atoms with van der Waals surface area (Å²) >= 11 is 5.00. The molecular formula is C18H22N4OS3. The van der Waals surface area contributed by atoms with Crippen LogP contribution in [0.2, 0.25) is 0 Å². The van der Waals surface area contributed by atoms with E-state index in [1.54, 1.807) is 34.4 Å². The Labute approximate surface area is 166 Å². The molecule has 0 radical (unpaired) electrons. The third kappa shape index (κ3) is 6.35. The zero-order chi connectivity index (χ0) is 18.0. The van der Waals surface area contributed by atoms with Gasteiger partial charge in [0.1, 0.15) is 0 Å². The van der Waals surface area contributed by atoms with E-state index in [9.17, 15) is 0 Å². The van der Waals surface area contributed by atoms with Crippen LogP contribution in [0.4, 0.5) is 5.13 Å². The lowest BCUT2D eigenvalue weighted by Gasteiger charge is -2.01. The number of thiazole rings is 1. The van der Waals surface area contributed by atoms with E-state index in [0.717, 1.165) is 58.5 Å². The summed E-state index contributed by atoms with van der Waals surface area (Å²) in [6.45, 7) is 4.41. The first kappa shape index (κ1) is 19.3. The molecule has 0 fully saturated rings. The van der Waals surface area contributed by atoms with Crippen LogP contribution in [0.25, 0.3) is 0 Å². The van der Waals surface area contributed by atoms with Crippen molar-refractivity contribution in [3.8, 4) is 0 Å². The molecule has 2 aromatic heterocycles. The van der Waals surface area contributed by atoms with E-state index < -0.39 is 0 Å². The first-order valence-corrected chi connectivity index (χ1v) is 11.3. The van der Waals surface area contributed by atoms with E-state index in [1.807, 2.05) is 13.0 Å². The largest absolute Gasteiger partial charge is 0.382 e. The summed E-state index contributed by atoms with van der Waals surface area (Å²) < 4.78 is 6.29. The molecule has 2 heterocycles. The van der Waals surface area contributed by atoms with E-state index in [1.165, 1.54) is 5.56 Å². The van der Waals surface area contributed by atoms with E-state index in [2.05, 4.69) is 45.2 Å². The van der Waals surface area contributed by atoms with Gasteiger partial charge in [0, 0.05) is 37.3 Å². The molecule has 0 saturated heterocycles. The standard InChI is InChI=1S/C18H22N4OS3/c1-2-23-10-6-9-19-17-21-22-18(26-17)25-13-15-12-24-16(20-15)11-14-7-4-3-5-8-14/h3-5,7-8,12H,2,6,9-11,13H2,1H3,(H,19,21). The molecular weight excluding hydrogens is 384 g/mol. The second-order valence-electron chi connectivity index (χ2n) is 5.53. The minimum absolute atomic E-state index is 0.767. The molecule has 0 amide bonds. The second-order valence-corrected chi connectivity index (χ2v) is 8.68. The van der Waals surface area contributed by atoms with E-state index >= 15 is 0 Å². The summed E-state index contributed by atoms with van der Waals surface area (Å²) in [5, 5.41) is 15.9. The molecule has 0 saturated carbocycles. The van der Waals surface area contributed by atoms with Crippen LogP contribution in [0.5, 0.6) is 0 Å². The Kier molecular flexibility index (Phi) is 7.87. The number of benzene rings is 1. The van der Waals surface area contributed by atoms with Crippen molar-refractivity contribution in [2.75, 3.05) is 25.1 Å². The molecule has 1 aromatic carbocycles. The molecule has 0 unspecified atom stereocenters. The van der Waals surface area contributed by atoms with E-state index in [4.69, 9.17) is 9.72 Å². The van der Waals surface area contributed by atoms with Crippen molar-refractivity contribution < 1.29 is 4.74 Å². The van der Waals surface area contributed by atoms with Crippen molar-refractivity contribution in [3.05, 3.63) is 52.0 Å².